The van der Waals surface area contributed by atoms with Crippen LogP contribution in [-0.4, -0.2) is 37.7 Å². The standard InChI is InChI=1S/C12H19NO2/c1(4-12-5-3-9-15-12)2-6-13-7-10-14-11-8-13/h3,5,9H,1-2,4,6-8,10-11H2. The summed E-state index contributed by atoms with van der Waals surface area (Å²) in [6, 6.07) is 4.01. The minimum Gasteiger partial charge on any atom is -0.469 e. The van der Waals surface area contributed by atoms with Crippen LogP contribution >= 0.6 is 0 Å². The van der Waals surface area contributed by atoms with Gasteiger partial charge in [0.15, 0.2) is 0 Å². The van der Waals surface area contributed by atoms with Crippen molar-refractivity contribution < 1.29 is 9.15 Å². The number of hydrogen-bond acceptors (Lipinski definition) is 3. The van der Waals surface area contributed by atoms with Crippen molar-refractivity contribution >= 4 is 0 Å². The van der Waals surface area contributed by atoms with E-state index in [9.17, 15) is 0 Å². The van der Waals surface area contributed by atoms with Crippen LogP contribution in [0.2, 0.25) is 0 Å². The van der Waals surface area contributed by atoms with E-state index in [-0.39, 0.29) is 0 Å². The summed E-state index contributed by atoms with van der Waals surface area (Å²) in [5.74, 6) is 1.11. The monoisotopic (exact) mass is 209 g/mol. The molecule has 1 aromatic rings. The van der Waals surface area contributed by atoms with Gasteiger partial charge in [0, 0.05) is 19.5 Å². The van der Waals surface area contributed by atoms with Crippen LogP contribution in [0, 0.1) is 0 Å². The second-order valence-electron chi connectivity index (χ2n) is 3.99. The van der Waals surface area contributed by atoms with Crippen molar-refractivity contribution in [1.29, 1.82) is 0 Å². The number of unbranched alkanes of at least 4 members (excludes halogenated alkanes) is 1. The molecular formula is C12H19NO2. The van der Waals surface area contributed by atoms with Gasteiger partial charge in [-0.1, -0.05) is 0 Å². The van der Waals surface area contributed by atoms with E-state index < -0.39 is 0 Å². The van der Waals surface area contributed by atoms with Gasteiger partial charge in [-0.15, -0.1) is 0 Å². The summed E-state index contributed by atoms with van der Waals surface area (Å²) >= 11 is 0. The molecule has 1 saturated heterocycles. The van der Waals surface area contributed by atoms with Crippen molar-refractivity contribution in [3.05, 3.63) is 24.2 Å². The molecule has 3 heteroatoms. The van der Waals surface area contributed by atoms with Gasteiger partial charge in [0.25, 0.3) is 0 Å². The molecule has 15 heavy (non-hydrogen) atoms. The number of furan rings is 1. The number of rotatable bonds is 5. The van der Waals surface area contributed by atoms with E-state index in [1.165, 1.54) is 19.4 Å². The van der Waals surface area contributed by atoms with Crippen LogP contribution in [0.3, 0.4) is 0 Å². The molecule has 0 unspecified atom stereocenters. The molecule has 0 aliphatic carbocycles. The Morgan fingerprint density at radius 1 is 1.20 bits per heavy atom. The van der Waals surface area contributed by atoms with Crippen LogP contribution < -0.4 is 0 Å². The highest BCUT2D eigenvalue weighted by atomic mass is 16.5. The Kier molecular flexibility index (Phi) is 4.23. The lowest BCUT2D eigenvalue weighted by molar-refractivity contribution is 0.0372. The number of morpholine rings is 1. The van der Waals surface area contributed by atoms with Gasteiger partial charge in [-0.3, -0.25) is 4.90 Å². The molecule has 0 spiro atoms. The van der Waals surface area contributed by atoms with E-state index in [2.05, 4.69) is 11.0 Å². The number of hydrogen-bond donors (Lipinski definition) is 0. The predicted octanol–water partition coefficient (Wildman–Crippen LogP) is 1.93. The molecule has 0 N–H and O–H groups in total. The average molecular weight is 209 g/mol. The van der Waals surface area contributed by atoms with Gasteiger partial charge in [-0.2, -0.15) is 0 Å². The molecule has 1 fully saturated rings. The first kappa shape index (κ1) is 10.7. The van der Waals surface area contributed by atoms with E-state index >= 15 is 0 Å². The minimum atomic E-state index is 0.901. The Bertz CT molecular complexity index is 253. The van der Waals surface area contributed by atoms with Crippen molar-refractivity contribution in [1.82, 2.24) is 4.90 Å². The molecule has 0 bridgehead atoms. The Balaban J connectivity index is 1.54. The molecule has 84 valence electrons. The summed E-state index contributed by atoms with van der Waals surface area (Å²) in [7, 11) is 0. The second kappa shape index (κ2) is 5.93. The van der Waals surface area contributed by atoms with Gasteiger partial charge in [0.1, 0.15) is 5.76 Å². The van der Waals surface area contributed by atoms with E-state index in [0.717, 1.165) is 38.5 Å². The highest BCUT2D eigenvalue weighted by molar-refractivity contribution is 4.97. The molecule has 0 radical (unpaired) electrons. The first-order chi connectivity index (χ1) is 7.45. The lowest BCUT2D eigenvalue weighted by Crippen LogP contribution is -2.36. The van der Waals surface area contributed by atoms with Crippen LogP contribution in [0.5, 0.6) is 0 Å². The molecule has 3 nitrogen and oxygen atoms in total. The quantitative estimate of drug-likeness (QED) is 0.693. The van der Waals surface area contributed by atoms with Gasteiger partial charge in [0.05, 0.1) is 19.5 Å². The van der Waals surface area contributed by atoms with Crippen LogP contribution in [0.25, 0.3) is 0 Å². The summed E-state index contributed by atoms with van der Waals surface area (Å²) in [5.41, 5.74) is 0. The molecule has 2 rings (SSSR count). The van der Waals surface area contributed by atoms with Gasteiger partial charge in [0.2, 0.25) is 0 Å². The fourth-order valence-electron chi connectivity index (χ4n) is 1.91. The molecule has 1 aliphatic rings. The maximum atomic E-state index is 5.31. The zero-order chi connectivity index (χ0) is 10.3. The van der Waals surface area contributed by atoms with Crippen molar-refractivity contribution in [2.45, 2.75) is 19.3 Å². The predicted molar refractivity (Wildman–Crippen MR) is 58.9 cm³/mol. The Morgan fingerprint density at radius 2 is 2.07 bits per heavy atom. The van der Waals surface area contributed by atoms with Crippen LogP contribution in [0.15, 0.2) is 22.8 Å². The normalized spacial score (nSPS) is 18.1. The Labute approximate surface area is 91.0 Å². The van der Waals surface area contributed by atoms with E-state index in [0.29, 0.717) is 0 Å². The Hall–Kier alpha value is -0.800. The molecule has 0 saturated carbocycles. The third-order valence-electron chi connectivity index (χ3n) is 2.83. The van der Waals surface area contributed by atoms with E-state index in [1.54, 1.807) is 6.26 Å². The van der Waals surface area contributed by atoms with Gasteiger partial charge in [-0.05, 0) is 31.5 Å². The fraction of sp³-hybridized carbons (Fsp3) is 0.667. The fourth-order valence-corrected chi connectivity index (χ4v) is 1.91. The zero-order valence-corrected chi connectivity index (χ0v) is 9.15. The molecule has 0 amide bonds. The summed E-state index contributed by atoms with van der Waals surface area (Å²) in [4.78, 5) is 2.48. The van der Waals surface area contributed by atoms with Crippen molar-refractivity contribution in [2.75, 3.05) is 32.8 Å². The topological polar surface area (TPSA) is 25.6 Å². The highest BCUT2D eigenvalue weighted by Crippen LogP contribution is 2.06. The molecule has 0 atom stereocenters. The lowest BCUT2D eigenvalue weighted by Gasteiger charge is -2.26. The van der Waals surface area contributed by atoms with Crippen molar-refractivity contribution in [2.24, 2.45) is 0 Å². The van der Waals surface area contributed by atoms with Gasteiger partial charge < -0.3 is 9.15 Å². The molecule has 1 aliphatic heterocycles. The SMILES string of the molecule is c1coc(CCCCN2CCOCC2)c1. The molecule has 2 heterocycles. The number of ether oxygens (including phenoxy) is 1. The first-order valence-electron chi connectivity index (χ1n) is 5.77. The average Bonchev–Trinajstić information content (AvgIpc) is 2.79. The minimum absolute atomic E-state index is 0.901. The van der Waals surface area contributed by atoms with Crippen molar-refractivity contribution in [3.8, 4) is 0 Å². The maximum Gasteiger partial charge on any atom is 0.103 e. The maximum absolute atomic E-state index is 5.31. The third-order valence-corrected chi connectivity index (χ3v) is 2.83. The highest BCUT2D eigenvalue weighted by Gasteiger charge is 2.09. The summed E-state index contributed by atoms with van der Waals surface area (Å²) < 4.78 is 10.6. The van der Waals surface area contributed by atoms with E-state index in [1.807, 2.05) is 6.07 Å². The van der Waals surface area contributed by atoms with Gasteiger partial charge >= 0.3 is 0 Å². The number of nitrogens with zero attached hydrogens (tertiary/aromatic N) is 1. The summed E-state index contributed by atoms with van der Waals surface area (Å²) in [5, 5.41) is 0. The summed E-state index contributed by atoms with van der Waals surface area (Å²) in [6.45, 7) is 5.20. The first-order valence-corrected chi connectivity index (χ1v) is 5.77. The van der Waals surface area contributed by atoms with Crippen molar-refractivity contribution in [3.63, 3.8) is 0 Å². The molecule has 1 aromatic heterocycles. The third kappa shape index (κ3) is 3.68. The largest absolute Gasteiger partial charge is 0.469 e. The molecular weight excluding hydrogens is 190 g/mol. The smallest absolute Gasteiger partial charge is 0.103 e. The second-order valence-corrected chi connectivity index (χ2v) is 3.99. The number of aryl methyl sites for hydroxylation is 1. The Morgan fingerprint density at radius 3 is 2.80 bits per heavy atom. The molecule has 0 aromatic carbocycles. The zero-order valence-electron chi connectivity index (χ0n) is 9.15. The van der Waals surface area contributed by atoms with Crippen LogP contribution in [0.4, 0.5) is 0 Å². The van der Waals surface area contributed by atoms with Crippen LogP contribution in [0.1, 0.15) is 18.6 Å². The van der Waals surface area contributed by atoms with Gasteiger partial charge in [-0.25, -0.2) is 0 Å². The lowest BCUT2D eigenvalue weighted by atomic mass is 10.2. The van der Waals surface area contributed by atoms with E-state index in [4.69, 9.17) is 9.15 Å². The summed E-state index contributed by atoms with van der Waals surface area (Å²) in [6.07, 6.45) is 5.28. The van der Waals surface area contributed by atoms with Crippen LogP contribution in [-0.2, 0) is 11.2 Å².